The summed E-state index contributed by atoms with van der Waals surface area (Å²) in [7, 11) is 3.95. The largest absolute Gasteiger partial charge is 0.341 e. The third-order valence-electron chi connectivity index (χ3n) is 3.53. The summed E-state index contributed by atoms with van der Waals surface area (Å²) in [5, 5.41) is 0. The first-order valence-electron chi connectivity index (χ1n) is 6.61. The van der Waals surface area contributed by atoms with Gasteiger partial charge in [-0.2, -0.15) is 0 Å². The first kappa shape index (κ1) is 13.1. The van der Waals surface area contributed by atoms with E-state index < -0.39 is 0 Å². The lowest BCUT2D eigenvalue weighted by Crippen LogP contribution is -2.38. The molecule has 0 aliphatic carbocycles. The minimum atomic E-state index is -0.150. The zero-order valence-corrected chi connectivity index (χ0v) is 11.5. The normalized spacial score (nSPS) is 17.2. The second-order valence-corrected chi connectivity index (χ2v) is 5.31. The number of benzene rings is 1. The SMILES string of the molecule is Cc1cccc(C(C(=O)N2CCCC2)N(C)C)c1. The Labute approximate surface area is 109 Å². The van der Waals surface area contributed by atoms with E-state index in [0.717, 1.165) is 31.5 Å². The van der Waals surface area contributed by atoms with Crippen LogP contribution in [0.25, 0.3) is 0 Å². The van der Waals surface area contributed by atoms with Crippen LogP contribution in [-0.2, 0) is 4.79 Å². The minimum Gasteiger partial charge on any atom is -0.341 e. The van der Waals surface area contributed by atoms with Crippen molar-refractivity contribution in [2.24, 2.45) is 0 Å². The molecule has 0 saturated carbocycles. The van der Waals surface area contributed by atoms with Crippen molar-refractivity contribution in [3.05, 3.63) is 35.4 Å². The van der Waals surface area contributed by atoms with Crippen LogP contribution in [0.1, 0.15) is 30.0 Å². The summed E-state index contributed by atoms with van der Waals surface area (Å²) < 4.78 is 0. The van der Waals surface area contributed by atoms with Gasteiger partial charge < -0.3 is 4.90 Å². The molecule has 98 valence electrons. The Balaban J connectivity index is 2.25. The molecule has 0 bridgehead atoms. The molecule has 1 saturated heterocycles. The van der Waals surface area contributed by atoms with Crippen LogP contribution in [0, 0.1) is 6.92 Å². The Morgan fingerprint density at radius 2 is 1.94 bits per heavy atom. The third kappa shape index (κ3) is 2.72. The smallest absolute Gasteiger partial charge is 0.244 e. The fourth-order valence-electron chi connectivity index (χ4n) is 2.61. The van der Waals surface area contributed by atoms with Gasteiger partial charge >= 0.3 is 0 Å². The number of amides is 1. The van der Waals surface area contributed by atoms with Crippen molar-refractivity contribution in [3.63, 3.8) is 0 Å². The van der Waals surface area contributed by atoms with Crippen LogP contribution in [0.2, 0.25) is 0 Å². The Bertz CT molecular complexity index is 422. The molecule has 3 nitrogen and oxygen atoms in total. The van der Waals surface area contributed by atoms with Gasteiger partial charge in [-0.25, -0.2) is 0 Å². The summed E-state index contributed by atoms with van der Waals surface area (Å²) in [5.41, 5.74) is 2.30. The molecule has 1 fully saturated rings. The average Bonchev–Trinajstić information content (AvgIpc) is 2.82. The van der Waals surface area contributed by atoms with Crippen LogP contribution in [-0.4, -0.2) is 42.9 Å². The lowest BCUT2D eigenvalue weighted by atomic mass is 10.0. The number of carbonyl (C=O) groups is 1. The van der Waals surface area contributed by atoms with Crippen molar-refractivity contribution in [1.82, 2.24) is 9.80 Å². The molecule has 1 unspecified atom stereocenters. The van der Waals surface area contributed by atoms with Gasteiger partial charge in [-0.15, -0.1) is 0 Å². The van der Waals surface area contributed by atoms with E-state index in [4.69, 9.17) is 0 Å². The third-order valence-corrected chi connectivity index (χ3v) is 3.53. The van der Waals surface area contributed by atoms with Gasteiger partial charge in [0.2, 0.25) is 5.91 Å². The molecule has 1 amide bonds. The summed E-state index contributed by atoms with van der Waals surface area (Å²) in [6.45, 7) is 3.89. The molecular formula is C15H22N2O. The van der Waals surface area contributed by atoms with Crippen LogP contribution in [0.3, 0.4) is 0 Å². The standard InChI is InChI=1S/C15H22N2O/c1-12-7-6-8-13(11-12)14(16(2)3)15(18)17-9-4-5-10-17/h6-8,11,14H,4-5,9-10H2,1-3H3. The van der Waals surface area contributed by atoms with E-state index in [-0.39, 0.29) is 11.9 Å². The molecule has 0 spiro atoms. The molecule has 1 atom stereocenters. The molecule has 0 radical (unpaired) electrons. The highest BCUT2D eigenvalue weighted by Crippen LogP contribution is 2.23. The van der Waals surface area contributed by atoms with E-state index in [2.05, 4.69) is 19.1 Å². The maximum Gasteiger partial charge on any atom is 0.244 e. The molecule has 1 aromatic carbocycles. The molecule has 0 aromatic heterocycles. The summed E-state index contributed by atoms with van der Waals surface area (Å²) in [5.74, 6) is 0.239. The van der Waals surface area contributed by atoms with Crippen molar-refractivity contribution in [2.45, 2.75) is 25.8 Å². The van der Waals surface area contributed by atoms with Gasteiger partial charge in [0.05, 0.1) is 0 Å². The number of nitrogens with zero attached hydrogens (tertiary/aromatic N) is 2. The fraction of sp³-hybridized carbons (Fsp3) is 0.533. The summed E-state index contributed by atoms with van der Waals surface area (Å²) in [6.07, 6.45) is 2.28. The molecule has 1 aliphatic heterocycles. The Morgan fingerprint density at radius 1 is 1.28 bits per heavy atom. The number of carbonyl (C=O) groups excluding carboxylic acids is 1. The second kappa shape index (κ2) is 5.53. The molecular weight excluding hydrogens is 224 g/mol. The van der Waals surface area contributed by atoms with E-state index in [1.165, 1.54) is 5.56 Å². The van der Waals surface area contributed by atoms with E-state index in [1.807, 2.05) is 36.0 Å². The van der Waals surface area contributed by atoms with Gasteiger partial charge in [-0.3, -0.25) is 9.69 Å². The van der Waals surface area contributed by atoms with Gasteiger partial charge in [0, 0.05) is 13.1 Å². The number of likely N-dealkylation sites (tertiary alicyclic amines) is 1. The number of aryl methyl sites for hydroxylation is 1. The van der Waals surface area contributed by atoms with Gasteiger partial charge in [-0.1, -0.05) is 29.8 Å². The van der Waals surface area contributed by atoms with E-state index in [9.17, 15) is 4.79 Å². The summed E-state index contributed by atoms with van der Waals surface area (Å²) in [6, 6.07) is 8.10. The number of hydrogen-bond donors (Lipinski definition) is 0. The highest BCUT2D eigenvalue weighted by atomic mass is 16.2. The van der Waals surface area contributed by atoms with Crippen molar-refractivity contribution >= 4 is 5.91 Å². The zero-order chi connectivity index (χ0) is 13.1. The molecule has 1 aliphatic rings. The highest BCUT2D eigenvalue weighted by Gasteiger charge is 2.29. The Kier molecular flexibility index (Phi) is 4.02. The fourth-order valence-corrected chi connectivity index (χ4v) is 2.61. The molecule has 1 heterocycles. The molecule has 3 heteroatoms. The van der Waals surface area contributed by atoms with Crippen molar-refractivity contribution in [3.8, 4) is 0 Å². The predicted molar refractivity (Wildman–Crippen MR) is 73.4 cm³/mol. The summed E-state index contributed by atoms with van der Waals surface area (Å²) >= 11 is 0. The monoisotopic (exact) mass is 246 g/mol. The lowest BCUT2D eigenvalue weighted by molar-refractivity contribution is -0.135. The molecule has 1 aromatic rings. The Morgan fingerprint density at radius 3 is 2.50 bits per heavy atom. The van der Waals surface area contributed by atoms with Crippen LogP contribution >= 0.6 is 0 Å². The van der Waals surface area contributed by atoms with Crippen LogP contribution in [0.5, 0.6) is 0 Å². The molecule has 2 rings (SSSR count). The lowest BCUT2D eigenvalue weighted by Gasteiger charge is -2.28. The first-order chi connectivity index (χ1) is 8.59. The van der Waals surface area contributed by atoms with Crippen molar-refractivity contribution in [1.29, 1.82) is 0 Å². The number of likely N-dealkylation sites (N-methyl/N-ethyl adjacent to an activating group) is 1. The van der Waals surface area contributed by atoms with Gasteiger partial charge in [0.1, 0.15) is 6.04 Å². The van der Waals surface area contributed by atoms with E-state index >= 15 is 0 Å². The minimum absolute atomic E-state index is 0.150. The Hall–Kier alpha value is -1.35. The van der Waals surface area contributed by atoms with E-state index in [1.54, 1.807) is 0 Å². The van der Waals surface area contributed by atoms with Gasteiger partial charge in [-0.05, 0) is 39.4 Å². The summed E-state index contributed by atoms with van der Waals surface area (Å²) in [4.78, 5) is 16.6. The van der Waals surface area contributed by atoms with E-state index in [0.29, 0.717) is 0 Å². The van der Waals surface area contributed by atoms with Crippen molar-refractivity contribution < 1.29 is 4.79 Å². The van der Waals surface area contributed by atoms with Crippen LogP contribution in [0.15, 0.2) is 24.3 Å². The molecule has 0 N–H and O–H groups in total. The quantitative estimate of drug-likeness (QED) is 0.816. The average molecular weight is 246 g/mol. The first-order valence-corrected chi connectivity index (χ1v) is 6.61. The van der Waals surface area contributed by atoms with Gasteiger partial charge in [0.25, 0.3) is 0 Å². The zero-order valence-electron chi connectivity index (χ0n) is 11.5. The maximum atomic E-state index is 12.6. The second-order valence-electron chi connectivity index (χ2n) is 5.31. The predicted octanol–water partition coefficient (Wildman–Crippen LogP) is 2.22. The maximum absolute atomic E-state index is 12.6. The molecule has 18 heavy (non-hydrogen) atoms. The van der Waals surface area contributed by atoms with Crippen molar-refractivity contribution in [2.75, 3.05) is 27.2 Å². The number of hydrogen-bond acceptors (Lipinski definition) is 2. The number of rotatable bonds is 3. The van der Waals surface area contributed by atoms with Crippen LogP contribution in [0.4, 0.5) is 0 Å². The van der Waals surface area contributed by atoms with Gasteiger partial charge in [0.15, 0.2) is 0 Å². The highest BCUT2D eigenvalue weighted by molar-refractivity contribution is 5.83. The topological polar surface area (TPSA) is 23.6 Å². The van der Waals surface area contributed by atoms with Crippen LogP contribution < -0.4 is 0 Å².